The topological polar surface area (TPSA) is 48.6 Å². The highest BCUT2D eigenvalue weighted by Crippen LogP contribution is 2.62. The quantitative estimate of drug-likeness (QED) is 0.483. The molecule has 3 aliphatic heterocycles. The first-order valence-corrected chi connectivity index (χ1v) is 9.86. The van der Waals surface area contributed by atoms with Crippen molar-refractivity contribution in [2.75, 3.05) is 6.79 Å². The van der Waals surface area contributed by atoms with Gasteiger partial charge in [-0.25, -0.2) is 0 Å². The summed E-state index contributed by atoms with van der Waals surface area (Å²) < 4.78 is 25.3. The molecule has 2 atom stereocenters. The SMILES string of the molecule is c1cc[n+]2c(c1)C1c3c(ccc4c3OCO4)C2CC1(c1ccoc1)c1ccoc1. The van der Waals surface area contributed by atoms with Crippen LogP contribution >= 0.6 is 0 Å². The van der Waals surface area contributed by atoms with Crippen molar-refractivity contribution in [1.82, 2.24) is 0 Å². The number of furan rings is 2. The number of ether oxygens (including phenoxy) is 2. The summed E-state index contributed by atoms with van der Waals surface area (Å²) in [6.45, 7) is 0.266. The van der Waals surface area contributed by atoms with Gasteiger partial charge >= 0.3 is 0 Å². The van der Waals surface area contributed by atoms with Gasteiger partial charge in [-0.15, -0.1) is 0 Å². The van der Waals surface area contributed by atoms with E-state index in [1.165, 1.54) is 16.8 Å². The zero-order chi connectivity index (χ0) is 19.0. The lowest BCUT2D eigenvalue weighted by Gasteiger charge is -2.48. The smallest absolute Gasteiger partial charge is 0.231 e. The third-order valence-electron chi connectivity index (χ3n) is 6.89. The van der Waals surface area contributed by atoms with Gasteiger partial charge in [0.25, 0.3) is 0 Å². The van der Waals surface area contributed by atoms with Gasteiger partial charge in [0.1, 0.15) is 0 Å². The molecule has 142 valence electrons. The van der Waals surface area contributed by atoms with E-state index in [2.05, 4.69) is 47.2 Å². The minimum Gasteiger partial charge on any atom is -0.472 e. The molecule has 1 aromatic carbocycles. The van der Waals surface area contributed by atoms with Crippen LogP contribution in [0.3, 0.4) is 0 Å². The molecule has 0 fully saturated rings. The molecular formula is C24H18NO4+. The number of fused-ring (bicyclic) bond motifs is 2. The first-order valence-electron chi connectivity index (χ1n) is 9.86. The molecule has 5 heteroatoms. The van der Waals surface area contributed by atoms with Gasteiger partial charge in [0.05, 0.1) is 36.4 Å². The minimum atomic E-state index is -0.305. The Morgan fingerprint density at radius 1 is 0.897 bits per heavy atom. The predicted octanol–water partition coefficient (Wildman–Crippen LogP) is 4.31. The van der Waals surface area contributed by atoms with Crippen molar-refractivity contribution >= 4 is 0 Å². The predicted molar refractivity (Wildman–Crippen MR) is 102 cm³/mol. The van der Waals surface area contributed by atoms with E-state index in [4.69, 9.17) is 18.3 Å². The van der Waals surface area contributed by atoms with Crippen molar-refractivity contribution in [3.8, 4) is 11.5 Å². The number of pyridine rings is 1. The van der Waals surface area contributed by atoms with Crippen LogP contribution < -0.4 is 14.0 Å². The van der Waals surface area contributed by atoms with Crippen LogP contribution in [0.5, 0.6) is 11.5 Å². The van der Waals surface area contributed by atoms with E-state index < -0.39 is 0 Å². The van der Waals surface area contributed by atoms with E-state index in [1.54, 1.807) is 12.5 Å². The molecule has 8 rings (SSSR count). The Morgan fingerprint density at radius 2 is 1.72 bits per heavy atom. The molecule has 0 amide bonds. The molecule has 2 unspecified atom stereocenters. The molecule has 4 aliphatic rings. The number of hydrogen-bond donors (Lipinski definition) is 0. The summed E-state index contributed by atoms with van der Waals surface area (Å²) in [5.74, 6) is 1.76. The van der Waals surface area contributed by atoms with Crippen LogP contribution in [0, 0.1) is 0 Å². The van der Waals surface area contributed by atoms with Crippen molar-refractivity contribution in [3.63, 3.8) is 0 Å². The summed E-state index contributed by atoms with van der Waals surface area (Å²) in [6, 6.07) is 15.0. The Morgan fingerprint density at radius 3 is 2.48 bits per heavy atom. The van der Waals surface area contributed by atoms with E-state index in [1.807, 2.05) is 18.6 Å². The fourth-order valence-electron chi connectivity index (χ4n) is 5.80. The maximum atomic E-state index is 6.01. The summed E-state index contributed by atoms with van der Waals surface area (Å²) in [5, 5.41) is 0. The normalized spacial score (nSPS) is 22.3. The van der Waals surface area contributed by atoms with E-state index in [9.17, 15) is 0 Å². The van der Waals surface area contributed by atoms with Gasteiger partial charge < -0.3 is 18.3 Å². The van der Waals surface area contributed by atoms with Gasteiger partial charge in [-0.3, -0.25) is 0 Å². The summed E-state index contributed by atoms with van der Waals surface area (Å²) in [5.41, 5.74) is 5.82. The Balaban J connectivity index is 1.62. The molecule has 29 heavy (non-hydrogen) atoms. The van der Waals surface area contributed by atoms with Crippen LogP contribution in [0.25, 0.3) is 0 Å². The lowest BCUT2D eigenvalue weighted by Crippen LogP contribution is -2.59. The average molecular weight is 384 g/mol. The molecule has 0 spiro atoms. The molecule has 6 heterocycles. The van der Waals surface area contributed by atoms with E-state index in [-0.39, 0.29) is 24.2 Å². The molecule has 0 N–H and O–H groups in total. The fraction of sp³-hybridized carbons (Fsp3) is 0.208. The van der Waals surface area contributed by atoms with Gasteiger partial charge in [0, 0.05) is 40.8 Å². The second kappa shape index (κ2) is 5.32. The molecule has 3 aromatic heterocycles. The van der Waals surface area contributed by atoms with Crippen molar-refractivity contribution in [2.24, 2.45) is 0 Å². The lowest BCUT2D eigenvalue weighted by atomic mass is 9.54. The van der Waals surface area contributed by atoms with E-state index in [0.29, 0.717) is 0 Å². The minimum absolute atomic E-state index is 0.0514. The Hall–Kier alpha value is -3.47. The molecule has 0 radical (unpaired) electrons. The Bertz CT molecular complexity index is 1190. The zero-order valence-corrected chi connectivity index (χ0v) is 15.6. The maximum absolute atomic E-state index is 6.01. The third-order valence-corrected chi connectivity index (χ3v) is 6.89. The Kier molecular flexibility index (Phi) is 2.83. The van der Waals surface area contributed by atoms with Crippen LogP contribution in [0.1, 0.15) is 46.3 Å². The monoisotopic (exact) mass is 384 g/mol. The van der Waals surface area contributed by atoms with E-state index in [0.717, 1.165) is 29.0 Å². The standard InChI is InChI=1S/C24H18NO4/c1-2-8-25-18(3-1)22-21-17(4-5-20-23(21)29-14-28-20)19(25)11-24(22,15-6-9-26-12-15)16-7-10-27-13-16/h1-10,12-13,19,22H,11,14H2/q+1. The van der Waals surface area contributed by atoms with Gasteiger partial charge in [-0.2, -0.15) is 4.57 Å². The van der Waals surface area contributed by atoms with Crippen LogP contribution in [0.2, 0.25) is 0 Å². The second-order valence-corrected chi connectivity index (χ2v) is 7.98. The number of benzene rings is 1. The van der Waals surface area contributed by atoms with Crippen LogP contribution in [0.15, 0.2) is 82.5 Å². The molecule has 0 saturated heterocycles. The van der Waals surface area contributed by atoms with Crippen molar-refractivity contribution < 1.29 is 22.9 Å². The van der Waals surface area contributed by atoms with Crippen molar-refractivity contribution in [3.05, 3.63) is 102 Å². The summed E-state index contributed by atoms with van der Waals surface area (Å²) in [6.07, 6.45) is 10.4. The van der Waals surface area contributed by atoms with Gasteiger partial charge in [0.15, 0.2) is 29.4 Å². The first-order chi connectivity index (χ1) is 14.4. The van der Waals surface area contributed by atoms with Crippen molar-refractivity contribution in [2.45, 2.75) is 23.8 Å². The van der Waals surface area contributed by atoms with E-state index >= 15 is 0 Å². The number of hydrogen-bond acceptors (Lipinski definition) is 4. The van der Waals surface area contributed by atoms with Crippen LogP contribution in [-0.2, 0) is 5.41 Å². The lowest BCUT2D eigenvalue weighted by molar-refractivity contribution is -0.732. The first kappa shape index (κ1) is 15.5. The van der Waals surface area contributed by atoms with Gasteiger partial charge in [-0.05, 0) is 24.3 Å². The van der Waals surface area contributed by atoms with Gasteiger partial charge in [0.2, 0.25) is 6.79 Å². The van der Waals surface area contributed by atoms with Crippen LogP contribution in [-0.4, -0.2) is 6.79 Å². The number of nitrogens with zero attached hydrogens (tertiary/aromatic N) is 1. The zero-order valence-electron chi connectivity index (χ0n) is 15.6. The number of aromatic nitrogens is 1. The molecule has 0 saturated carbocycles. The molecule has 2 bridgehead atoms. The third kappa shape index (κ3) is 1.78. The molecular weight excluding hydrogens is 366 g/mol. The second-order valence-electron chi connectivity index (χ2n) is 7.98. The largest absolute Gasteiger partial charge is 0.472 e. The fourth-order valence-corrected chi connectivity index (χ4v) is 5.80. The highest BCUT2D eigenvalue weighted by Gasteiger charge is 2.61. The highest BCUT2D eigenvalue weighted by atomic mass is 16.7. The van der Waals surface area contributed by atoms with Crippen LogP contribution in [0.4, 0.5) is 0 Å². The summed E-state index contributed by atoms with van der Waals surface area (Å²) in [4.78, 5) is 0. The summed E-state index contributed by atoms with van der Waals surface area (Å²) in [7, 11) is 0. The summed E-state index contributed by atoms with van der Waals surface area (Å²) >= 11 is 0. The molecule has 5 nitrogen and oxygen atoms in total. The maximum Gasteiger partial charge on any atom is 0.231 e. The molecule has 4 aromatic rings. The Labute approximate surface area is 167 Å². The number of rotatable bonds is 2. The highest BCUT2D eigenvalue weighted by molar-refractivity contribution is 5.62. The van der Waals surface area contributed by atoms with Gasteiger partial charge in [-0.1, -0.05) is 6.07 Å². The average Bonchev–Trinajstić information content (AvgIpc) is 3.56. The molecule has 1 aliphatic carbocycles. The van der Waals surface area contributed by atoms with Crippen molar-refractivity contribution in [1.29, 1.82) is 0 Å².